The molecule has 2 N–H and O–H groups in total. The number of hydrogen-bond donors (Lipinski definition) is 2. The fourth-order valence-corrected chi connectivity index (χ4v) is 3.18. The lowest BCUT2D eigenvalue weighted by atomic mass is 10.1. The van der Waals surface area contributed by atoms with Crippen molar-refractivity contribution in [2.45, 2.75) is 18.6 Å². The number of hydrogen-bond acceptors (Lipinski definition) is 5. The summed E-state index contributed by atoms with van der Waals surface area (Å²) < 4.78 is 11.3. The second-order valence-corrected chi connectivity index (χ2v) is 5.74. The number of likely N-dealkylation sites (N-methyl/N-ethyl adjacent to an activating group) is 1. The monoisotopic (exact) mass is 283 g/mol. The summed E-state index contributed by atoms with van der Waals surface area (Å²) in [4.78, 5) is 0. The summed E-state index contributed by atoms with van der Waals surface area (Å²) >= 11 is 1.91. The van der Waals surface area contributed by atoms with Gasteiger partial charge in [-0.2, -0.15) is 11.8 Å². The van der Waals surface area contributed by atoms with E-state index in [9.17, 15) is 5.11 Å². The van der Waals surface area contributed by atoms with Crippen LogP contribution in [-0.2, 0) is 0 Å². The number of nitrogens with one attached hydrogen (secondary N) is 1. The molecular weight excluding hydrogens is 262 g/mol. The molecule has 1 aliphatic heterocycles. The van der Waals surface area contributed by atoms with Crippen LogP contribution >= 0.6 is 11.8 Å². The van der Waals surface area contributed by atoms with Crippen molar-refractivity contribution in [2.75, 3.05) is 32.2 Å². The fourth-order valence-electron chi connectivity index (χ4n) is 2.09. The van der Waals surface area contributed by atoms with E-state index in [4.69, 9.17) is 9.47 Å². The molecule has 2 atom stereocenters. The number of ether oxygens (including phenoxy) is 2. The summed E-state index contributed by atoms with van der Waals surface area (Å²) in [6.07, 6.45) is 0.781. The van der Waals surface area contributed by atoms with Crippen LogP contribution < -0.4 is 14.8 Å². The summed E-state index contributed by atoms with van der Waals surface area (Å²) in [5, 5.41) is 13.0. The van der Waals surface area contributed by atoms with E-state index in [1.165, 1.54) is 0 Å². The van der Waals surface area contributed by atoms with Gasteiger partial charge in [-0.3, -0.25) is 0 Å². The first-order valence-electron chi connectivity index (χ1n) is 6.49. The Hall–Kier alpha value is -0.910. The van der Waals surface area contributed by atoms with Gasteiger partial charge in [0.05, 0.1) is 13.2 Å². The fraction of sp³-hybridized carbons (Fsp3) is 0.571. The van der Waals surface area contributed by atoms with Gasteiger partial charge in [-0.25, -0.2) is 0 Å². The number of rotatable bonds is 6. The van der Waals surface area contributed by atoms with E-state index in [1.807, 2.05) is 37.0 Å². The molecule has 0 aromatic heterocycles. The van der Waals surface area contributed by atoms with Crippen molar-refractivity contribution in [2.24, 2.45) is 0 Å². The van der Waals surface area contributed by atoms with Crippen molar-refractivity contribution in [3.63, 3.8) is 0 Å². The lowest BCUT2D eigenvalue weighted by Gasteiger charge is -2.18. The van der Waals surface area contributed by atoms with Crippen molar-refractivity contribution in [3.05, 3.63) is 23.8 Å². The van der Waals surface area contributed by atoms with Crippen molar-refractivity contribution in [1.82, 2.24) is 5.32 Å². The molecule has 0 amide bonds. The van der Waals surface area contributed by atoms with Crippen LogP contribution in [0.25, 0.3) is 0 Å². The van der Waals surface area contributed by atoms with Crippen molar-refractivity contribution >= 4 is 11.8 Å². The SMILES string of the molecule is CNCC(O)c1ccc(OC)c(OC2CCSC2)c1. The molecule has 0 spiro atoms. The van der Waals surface area contributed by atoms with Gasteiger partial charge in [0.2, 0.25) is 0 Å². The van der Waals surface area contributed by atoms with Gasteiger partial charge in [0.25, 0.3) is 0 Å². The minimum Gasteiger partial charge on any atom is -0.493 e. The molecule has 19 heavy (non-hydrogen) atoms. The molecule has 4 nitrogen and oxygen atoms in total. The quantitative estimate of drug-likeness (QED) is 0.834. The standard InChI is InChI=1S/C14H21NO3S/c1-15-8-12(16)10-3-4-13(17-2)14(7-10)18-11-5-6-19-9-11/h3-4,7,11-12,15-16H,5-6,8-9H2,1-2H3. The first kappa shape index (κ1) is 14.5. The van der Waals surface area contributed by atoms with Gasteiger partial charge in [0.15, 0.2) is 11.5 Å². The zero-order chi connectivity index (χ0) is 13.7. The minimum absolute atomic E-state index is 0.246. The van der Waals surface area contributed by atoms with Crippen LogP contribution in [0.5, 0.6) is 11.5 Å². The maximum absolute atomic E-state index is 10.0. The van der Waals surface area contributed by atoms with Crippen LogP contribution in [-0.4, -0.2) is 43.4 Å². The highest BCUT2D eigenvalue weighted by molar-refractivity contribution is 7.99. The van der Waals surface area contributed by atoms with Gasteiger partial charge in [-0.15, -0.1) is 0 Å². The van der Waals surface area contributed by atoms with E-state index < -0.39 is 6.10 Å². The van der Waals surface area contributed by atoms with E-state index >= 15 is 0 Å². The molecule has 2 unspecified atom stereocenters. The normalized spacial score (nSPS) is 20.3. The zero-order valence-electron chi connectivity index (χ0n) is 11.4. The second kappa shape index (κ2) is 7.03. The van der Waals surface area contributed by atoms with Crippen LogP contribution in [0.4, 0.5) is 0 Å². The number of methoxy groups -OCH3 is 1. The van der Waals surface area contributed by atoms with Crippen molar-refractivity contribution in [1.29, 1.82) is 0 Å². The Morgan fingerprint density at radius 1 is 1.47 bits per heavy atom. The Morgan fingerprint density at radius 3 is 2.95 bits per heavy atom. The van der Waals surface area contributed by atoms with E-state index in [2.05, 4.69) is 5.32 Å². The highest BCUT2D eigenvalue weighted by atomic mass is 32.2. The maximum atomic E-state index is 10.0. The smallest absolute Gasteiger partial charge is 0.161 e. The Labute approximate surface area is 118 Å². The largest absolute Gasteiger partial charge is 0.493 e. The highest BCUT2D eigenvalue weighted by Gasteiger charge is 2.20. The first-order valence-corrected chi connectivity index (χ1v) is 7.65. The summed E-state index contributed by atoms with van der Waals surface area (Å²) in [5.74, 6) is 3.61. The molecule has 0 aliphatic carbocycles. The molecule has 0 radical (unpaired) electrons. The molecule has 1 aromatic carbocycles. The molecule has 1 aliphatic rings. The van der Waals surface area contributed by atoms with E-state index in [-0.39, 0.29) is 6.10 Å². The summed E-state index contributed by atoms with van der Waals surface area (Å²) in [6.45, 7) is 0.519. The molecule has 1 fully saturated rings. The van der Waals surface area contributed by atoms with Gasteiger partial charge in [0, 0.05) is 12.3 Å². The third-order valence-electron chi connectivity index (χ3n) is 3.15. The lowest BCUT2D eigenvalue weighted by molar-refractivity contribution is 0.175. The van der Waals surface area contributed by atoms with Crippen LogP contribution in [0.2, 0.25) is 0 Å². The average molecular weight is 283 g/mol. The van der Waals surface area contributed by atoms with Crippen molar-refractivity contribution in [3.8, 4) is 11.5 Å². The molecule has 1 saturated heterocycles. The van der Waals surface area contributed by atoms with Gasteiger partial charge in [0.1, 0.15) is 6.10 Å². The maximum Gasteiger partial charge on any atom is 0.161 e. The molecule has 0 bridgehead atoms. The van der Waals surface area contributed by atoms with Crippen LogP contribution in [0.15, 0.2) is 18.2 Å². The Kier molecular flexibility index (Phi) is 5.36. The van der Waals surface area contributed by atoms with Gasteiger partial charge >= 0.3 is 0 Å². The molecule has 106 valence electrons. The van der Waals surface area contributed by atoms with Gasteiger partial charge in [-0.05, 0) is 36.9 Å². The molecule has 2 rings (SSSR count). The Balaban J connectivity index is 2.15. The Bertz CT molecular complexity index is 408. The topological polar surface area (TPSA) is 50.7 Å². The van der Waals surface area contributed by atoms with Crippen molar-refractivity contribution < 1.29 is 14.6 Å². The average Bonchev–Trinajstić information content (AvgIpc) is 2.92. The molecule has 0 saturated carbocycles. The lowest BCUT2D eigenvalue weighted by Crippen LogP contribution is -2.18. The summed E-state index contributed by atoms with van der Waals surface area (Å²) in [7, 11) is 3.45. The van der Waals surface area contributed by atoms with Crippen LogP contribution in [0.1, 0.15) is 18.1 Å². The third-order valence-corrected chi connectivity index (χ3v) is 4.28. The molecule has 5 heteroatoms. The van der Waals surface area contributed by atoms with E-state index in [1.54, 1.807) is 7.11 Å². The third kappa shape index (κ3) is 3.78. The molecular formula is C14H21NO3S. The first-order chi connectivity index (χ1) is 9.24. The molecule has 1 heterocycles. The number of aliphatic hydroxyl groups excluding tert-OH is 1. The number of thioether (sulfide) groups is 1. The molecule has 1 aromatic rings. The van der Waals surface area contributed by atoms with Crippen LogP contribution in [0, 0.1) is 0 Å². The van der Waals surface area contributed by atoms with Gasteiger partial charge in [-0.1, -0.05) is 6.07 Å². The van der Waals surface area contributed by atoms with E-state index in [0.717, 1.165) is 35.0 Å². The predicted molar refractivity (Wildman–Crippen MR) is 78.2 cm³/mol. The predicted octanol–water partition coefficient (Wildman–Crippen LogP) is 1.83. The summed E-state index contributed by atoms with van der Waals surface area (Å²) in [5.41, 5.74) is 0.843. The van der Waals surface area contributed by atoms with Crippen LogP contribution in [0.3, 0.4) is 0 Å². The summed E-state index contributed by atoms with van der Waals surface area (Å²) in [6, 6.07) is 5.60. The number of benzene rings is 1. The highest BCUT2D eigenvalue weighted by Crippen LogP contribution is 2.33. The zero-order valence-corrected chi connectivity index (χ0v) is 12.2. The minimum atomic E-state index is -0.531. The van der Waals surface area contributed by atoms with Gasteiger partial charge < -0.3 is 19.9 Å². The van der Waals surface area contributed by atoms with E-state index in [0.29, 0.717) is 6.54 Å². The number of aliphatic hydroxyl groups is 1. The second-order valence-electron chi connectivity index (χ2n) is 4.59. The Morgan fingerprint density at radius 2 is 2.32 bits per heavy atom.